The number of likely N-dealkylation sites (tertiary alicyclic amines) is 1. The normalized spacial score (nSPS) is 36.2. The van der Waals surface area contributed by atoms with Gasteiger partial charge < -0.3 is 9.84 Å². The molecule has 1 saturated carbocycles. The van der Waals surface area contributed by atoms with Crippen molar-refractivity contribution in [1.29, 1.82) is 0 Å². The second-order valence-corrected chi connectivity index (χ2v) is 8.93. The first-order valence-electron chi connectivity index (χ1n) is 10.5. The van der Waals surface area contributed by atoms with E-state index in [9.17, 15) is 5.11 Å². The Balaban J connectivity index is 1.39. The number of aliphatic hydroxyl groups is 1. The molecule has 2 aromatic carbocycles. The van der Waals surface area contributed by atoms with E-state index < -0.39 is 5.60 Å². The predicted octanol–water partition coefficient (Wildman–Crippen LogP) is 3.47. The van der Waals surface area contributed by atoms with Gasteiger partial charge in [-0.2, -0.15) is 0 Å². The molecule has 2 heterocycles. The summed E-state index contributed by atoms with van der Waals surface area (Å²) < 4.78 is 6.43. The third-order valence-electron chi connectivity index (χ3n) is 7.90. The number of ether oxygens (including phenoxy) is 1. The number of benzene rings is 2. The van der Waals surface area contributed by atoms with Crippen LogP contribution >= 0.6 is 0 Å². The van der Waals surface area contributed by atoms with E-state index in [-0.39, 0.29) is 17.6 Å². The van der Waals surface area contributed by atoms with E-state index in [4.69, 9.17) is 4.74 Å². The van der Waals surface area contributed by atoms with E-state index in [1.807, 2.05) is 0 Å². The van der Waals surface area contributed by atoms with Crippen molar-refractivity contribution in [1.82, 2.24) is 4.90 Å². The molecule has 6 rings (SSSR count). The molecule has 2 aliphatic carbocycles. The van der Waals surface area contributed by atoms with Crippen LogP contribution in [0, 0.1) is 0 Å². The highest BCUT2D eigenvalue weighted by Crippen LogP contribution is 2.63. The number of piperidine rings is 1. The van der Waals surface area contributed by atoms with Gasteiger partial charge in [-0.25, -0.2) is 0 Å². The fraction of sp³-hybridized carbons (Fsp3) is 0.500. The lowest BCUT2D eigenvalue weighted by atomic mass is 9.49. The summed E-state index contributed by atoms with van der Waals surface area (Å²) in [6, 6.07) is 17.5. The van der Waals surface area contributed by atoms with Crippen LogP contribution in [0.4, 0.5) is 0 Å². The SMILES string of the molecule is O[C@@]12CCC[C@@H]3Oc4cccc5c4[C@@]31CCN(CCc1ccccc1)[C@@H]2C5. The van der Waals surface area contributed by atoms with E-state index in [0.717, 1.165) is 57.4 Å². The Kier molecular flexibility index (Phi) is 3.34. The molecule has 2 aliphatic heterocycles. The van der Waals surface area contributed by atoms with E-state index in [0.29, 0.717) is 0 Å². The molecule has 2 aromatic rings. The Morgan fingerprint density at radius 2 is 1.96 bits per heavy atom. The minimum Gasteiger partial charge on any atom is -0.489 e. The molecule has 4 aliphatic rings. The molecule has 1 N–H and O–H groups in total. The molecule has 27 heavy (non-hydrogen) atoms. The summed E-state index contributed by atoms with van der Waals surface area (Å²) in [6.07, 6.45) is 6.23. The second kappa shape index (κ2) is 5.59. The van der Waals surface area contributed by atoms with Gasteiger partial charge >= 0.3 is 0 Å². The molecule has 3 heteroatoms. The highest BCUT2D eigenvalue weighted by Gasteiger charge is 2.70. The summed E-state index contributed by atoms with van der Waals surface area (Å²) in [5.41, 5.74) is 3.33. The van der Waals surface area contributed by atoms with Crippen LogP contribution in [0.15, 0.2) is 48.5 Å². The molecule has 0 aromatic heterocycles. The maximum absolute atomic E-state index is 12.2. The first kappa shape index (κ1) is 16.1. The van der Waals surface area contributed by atoms with Gasteiger partial charge in [-0.1, -0.05) is 42.5 Å². The van der Waals surface area contributed by atoms with Crippen LogP contribution in [0.25, 0.3) is 0 Å². The molecule has 0 amide bonds. The number of nitrogens with zero attached hydrogens (tertiary/aromatic N) is 1. The average Bonchev–Trinajstić information content (AvgIpc) is 3.02. The van der Waals surface area contributed by atoms with Gasteiger partial charge in [-0.15, -0.1) is 0 Å². The highest BCUT2D eigenvalue weighted by molar-refractivity contribution is 5.57. The summed E-state index contributed by atoms with van der Waals surface area (Å²) in [6.45, 7) is 2.08. The van der Waals surface area contributed by atoms with Crippen LogP contribution in [-0.2, 0) is 18.3 Å². The molecule has 2 bridgehead atoms. The lowest BCUT2D eigenvalue weighted by Crippen LogP contribution is -2.75. The zero-order valence-electron chi connectivity index (χ0n) is 15.7. The van der Waals surface area contributed by atoms with Crippen LogP contribution in [0.5, 0.6) is 5.75 Å². The van der Waals surface area contributed by atoms with E-state index in [1.165, 1.54) is 16.7 Å². The maximum atomic E-state index is 12.2. The number of rotatable bonds is 3. The Bertz CT molecular complexity index is 881. The third-order valence-corrected chi connectivity index (χ3v) is 7.90. The molecule has 2 fully saturated rings. The summed E-state index contributed by atoms with van der Waals surface area (Å²) >= 11 is 0. The van der Waals surface area contributed by atoms with Crippen molar-refractivity contribution in [2.24, 2.45) is 0 Å². The van der Waals surface area contributed by atoms with Gasteiger partial charge in [0.25, 0.3) is 0 Å². The van der Waals surface area contributed by atoms with Crippen molar-refractivity contribution in [2.75, 3.05) is 13.1 Å². The monoisotopic (exact) mass is 361 g/mol. The molecule has 1 saturated heterocycles. The van der Waals surface area contributed by atoms with Crippen LogP contribution < -0.4 is 4.74 Å². The van der Waals surface area contributed by atoms with Crippen LogP contribution in [-0.4, -0.2) is 40.8 Å². The van der Waals surface area contributed by atoms with Gasteiger partial charge in [-0.05, 0) is 62.3 Å². The third kappa shape index (κ3) is 1.99. The number of hydrogen-bond acceptors (Lipinski definition) is 3. The van der Waals surface area contributed by atoms with Gasteiger partial charge in [0.2, 0.25) is 0 Å². The minimum atomic E-state index is -0.648. The summed E-state index contributed by atoms with van der Waals surface area (Å²) in [7, 11) is 0. The average molecular weight is 361 g/mol. The van der Waals surface area contributed by atoms with Gasteiger partial charge in [0.1, 0.15) is 11.9 Å². The molecule has 0 radical (unpaired) electrons. The first-order chi connectivity index (χ1) is 13.2. The van der Waals surface area contributed by atoms with E-state index >= 15 is 0 Å². The lowest BCUT2D eigenvalue weighted by molar-refractivity contribution is -0.184. The molecule has 3 nitrogen and oxygen atoms in total. The van der Waals surface area contributed by atoms with Crippen LogP contribution in [0.2, 0.25) is 0 Å². The minimum absolute atomic E-state index is 0.159. The smallest absolute Gasteiger partial charge is 0.124 e. The van der Waals surface area contributed by atoms with Crippen LogP contribution in [0.3, 0.4) is 0 Å². The Hall–Kier alpha value is -1.84. The predicted molar refractivity (Wildman–Crippen MR) is 105 cm³/mol. The van der Waals surface area contributed by atoms with Gasteiger partial charge in [0.15, 0.2) is 0 Å². The standard InChI is InChI=1S/C24H27NO2/c26-24-12-5-10-21-23(24)13-15-25(14-11-17-6-2-1-3-7-17)20(24)16-18-8-4-9-19(27-21)22(18)23/h1-4,6-9,20-21,26H,5,10-16H2/t20-,21+,23-,24-/m1/s1. The van der Waals surface area contributed by atoms with Crippen molar-refractivity contribution in [2.45, 2.75) is 61.7 Å². The molecule has 0 unspecified atom stereocenters. The molecule has 1 spiro atoms. The zero-order valence-corrected chi connectivity index (χ0v) is 15.7. The Morgan fingerprint density at radius 1 is 1.07 bits per heavy atom. The zero-order chi connectivity index (χ0) is 18.1. The highest BCUT2D eigenvalue weighted by atomic mass is 16.5. The van der Waals surface area contributed by atoms with Crippen molar-refractivity contribution in [3.63, 3.8) is 0 Å². The molecular formula is C24H27NO2. The fourth-order valence-electron chi connectivity index (χ4n) is 6.78. The topological polar surface area (TPSA) is 32.7 Å². The molecule has 140 valence electrons. The summed E-state index contributed by atoms with van der Waals surface area (Å²) in [4.78, 5) is 2.58. The van der Waals surface area contributed by atoms with Gasteiger partial charge in [0.05, 0.1) is 11.0 Å². The summed E-state index contributed by atoms with van der Waals surface area (Å²) in [5, 5.41) is 12.2. The Labute approximate surface area is 161 Å². The largest absolute Gasteiger partial charge is 0.489 e. The fourth-order valence-corrected chi connectivity index (χ4v) is 6.78. The second-order valence-electron chi connectivity index (χ2n) is 8.93. The summed E-state index contributed by atoms with van der Waals surface area (Å²) in [5.74, 6) is 1.05. The number of hydrogen-bond donors (Lipinski definition) is 1. The quantitative estimate of drug-likeness (QED) is 0.909. The van der Waals surface area contributed by atoms with Gasteiger partial charge in [0, 0.05) is 18.2 Å². The van der Waals surface area contributed by atoms with E-state index in [2.05, 4.69) is 53.4 Å². The lowest BCUT2D eigenvalue weighted by Gasteiger charge is -2.63. The van der Waals surface area contributed by atoms with Crippen molar-refractivity contribution in [3.05, 3.63) is 65.2 Å². The Morgan fingerprint density at radius 3 is 2.85 bits per heavy atom. The molecule has 4 atom stereocenters. The first-order valence-corrected chi connectivity index (χ1v) is 10.5. The van der Waals surface area contributed by atoms with Crippen molar-refractivity contribution >= 4 is 0 Å². The van der Waals surface area contributed by atoms with E-state index in [1.54, 1.807) is 0 Å². The maximum Gasteiger partial charge on any atom is 0.124 e. The molecular weight excluding hydrogens is 334 g/mol. The van der Waals surface area contributed by atoms with Crippen molar-refractivity contribution < 1.29 is 9.84 Å². The van der Waals surface area contributed by atoms with Gasteiger partial charge in [-0.3, -0.25) is 4.90 Å². The van der Waals surface area contributed by atoms with Crippen molar-refractivity contribution in [3.8, 4) is 5.75 Å². The van der Waals surface area contributed by atoms with Crippen LogP contribution in [0.1, 0.15) is 42.4 Å².